The molecule has 6 heteroatoms. The Balaban J connectivity index is 1.66. The fraction of sp³-hybridized carbons (Fsp3) is 0.875. The van der Waals surface area contributed by atoms with E-state index in [2.05, 4.69) is 24.5 Å². The topological polar surface area (TPSA) is 61.4 Å². The molecule has 0 bridgehead atoms. The molecule has 0 spiro atoms. The van der Waals surface area contributed by atoms with Gasteiger partial charge in [0.15, 0.2) is 0 Å². The second-order valence-corrected chi connectivity index (χ2v) is 7.90. The van der Waals surface area contributed by atoms with Gasteiger partial charge in [-0.15, -0.1) is 0 Å². The van der Waals surface area contributed by atoms with E-state index in [4.69, 9.17) is 0 Å². The summed E-state index contributed by atoms with van der Waals surface area (Å²) in [6.07, 6.45) is 2.95. The normalized spacial score (nSPS) is 23.6. The van der Waals surface area contributed by atoms with E-state index in [1.807, 2.05) is 16.7 Å². The molecule has 2 N–H and O–H groups in total. The van der Waals surface area contributed by atoms with E-state index in [0.717, 1.165) is 44.0 Å². The number of carbonyl (C=O) groups excluding carboxylic acids is 2. The zero-order valence-electron chi connectivity index (χ0n) is 13.8. The van der Waals surface area contributed by atoms with E-state index in [9.17, 15) is 9.59 Å². The number of nitrogens with one attached hydrogen (secondary N) is 2. The standard InChI is InChI=1S/C16H29N3O2S/c1-12(2)9-16(21)19-6-3-13(4-7-19)18-15(20)10-14-11-22-8-5-17-14/h12-14,17H,3-11H2,1-2H3,(H,18,20). The maximum atomic E-state index is 12.1. The second kappa shape index (κ2) is 8.77. The fourth-order valence-electron chi connectivity index (χ4n) is 3.01. The van der Waals surface area contributed by atoms with Gasteiger partial charge in [-0.25, -0.2) is 0 Å². The minimum Gasteiger partial charge on any atom is -0.353 e. The predicted molar refractivity (Wildman–Crippen MR) is 90.9 cm³/mol. The van der Waals surface area contributed by atoms with Crippen LogP contribution in [0.1, 0.15) is 39.5 Å². The third kappa shape index (κ3) is 5.80. The molecule has 2 saturated heterocycles. The molecular weight excluding hydrogens is 298 g/mol. The summed E-state index contributed by atoms with van der Waals surface area (Å²) in [5.74, 6) is 2.97. The summed E-state index contributed by atoms with van der Waals surface area (Å²) in [6.45, 7) is 6.69. The minimum absolute atomic E-state index is 0.145. The molecule has 0 aliphatic carbocycles. The van der Waals surface area contributed by atoms with Crippen molar-refractivity contribution < 1.29 is 9.59 Å². The van der Waals surface area contributed by atoms with Crippen molar-refractivity contribution in [2.24, 2.45) is 5.92 Å². The lowest BCUT2D eigenvalue weighted by Crippen LogP contribution is -2.48. The Bertz CT molecular complexity index is 376. The van der Waals surface area contributed by atoms with E-state index >= 15 is 0 Å². The van der Waals surface area contributed by atoms with Crippen molar-refractivity contribution in [2.45, 2.75) is 51.6 Å². The Kier molecular flexibility index (Phi) is 7.02. The summed E-state index contributed by atoms with van der Waals surface area (Å²) >= 11 is 1.91. The molecule has 0 radical (unpaired) electrons. The molecule has 2 amide bonds. The predicted octanol–water partition coefficient (Wildman–Crippen LogP) is 1.23. The molecule has 1 atom stereocenters. The van der Waals surface area contributed by atoms with Crippen LogP contribution in [-0.4, -0.2) is 59.9 Å². The number of likely N-dealkylation sites (tertiary alicyclic amines) is 1. The second-order valence-electron chi connectivity index (χ2n) is 6.75. The van der Waals surface area contributed by atoms with Gasteiger partial charge in [0.05, 0.1) is 0 Å². The van der Waals surface area contributed by atoms with Crippen LogP contribution in [0.5, 0.6) is 0 Å². The van der Waals surface area contributed by atoms with Gasteiger partial charge in [-0.2, -0.15) is 11.8 Å². The Hall–Kier alpha value is -0.750. The van der Waals surface area contributed by atoms with Gasteiger partial charge in [0.2, 0.25) is 11.8 Å². The van der Waals surface area contributed by atoms with Crippen molar-refractivity contribution in [3.8, 4) is 0 Å². The highest BCUT2D eigenvalue weighted by Gasteiger charge is 2.25. The average Bonchev–Trinajstić information content (AvgIpc) is 2.48. The molecule has 1 unspecified atom stereocenters. The molecule has 2 heterocycles. The van der Waals surface area contributed by atoms with Crippen LogP contribution >= 0.6 is 11.8 Å². The molecular formula is C16H29N3O2S. The molecule has 0 aromatic heterocycles. The lowest BCUT2D eigenvalue weighted by atomic mass is 10.0. The molecule has 2 rings (SSSR count). The SMILES string of the molecule is CC(C)CC(=O)N1CCC(NC(=O)CC2CSCCN2)CC1. The van der Waals surface area contributed by atoms with Crippen molar-refractivity contribution in [1.29, 1.82) is 0 Å². The smallest absolute Gasteiger partial charge is 0.222 e. The monoisotopic (exact) mass is 327 g/mol. The molecule has 2 aliphatic rings. The van der Waals surface area contributed by atoms with Crippen molar-refractivity contribution in [1.82, 2.24) is 15.5 Å². The zero-order chi connectivity index (χ0) is 15.9. The maximum Gasteiger partial charge on any atom is 0.222 e. The molecule has 0 saturated carbocycles. The first-order valence-electron chi connectivity index (χ1n) is 8.43. The van der Waals surface area contributed by atoms with Crippen LogP contribution in [0.3, 0.4) is 0 Å². The Morgan fingerprint density at radius 2 is 2.05 bits per heavy atom. The van der Waals surface area contributed by atoms with Gasteiger partial charge in [0.1, 0.15) is 0 Å². The first-order chi connectivity index (χ1) is 10.5. The number of amides is 2. The van der Waals surface area contributed by atoms with Gasteiger partial charge in [0, 0.05) is 56.1 Å². The van der Waals surface area contributed by atoms with Gasteiger partial charge in [-0.3, -0.25) is 9.59 Å². The van der Waals surface area contributed by atoms with E-state index in [0.29, 0.717) is 24.8 Å². The summed E-state index contributed by atoms with van der Waals surface area (Å²) in [5, 5.41) is 6.53. The van der Waals surface area contributed by atoms with Crippen LogP contribution in [0.15, 0.2) is 0 Å². The van der Waals surface area contributed by atoms with E-state index in [1.165, 1.54) is 0 Å². The van der Waals surface area contributed by atoms with Crippen LogP contribution in [0.4, 0.5) is 0 Å². The molecule has 126 valence electrons. The highest BCUT2D eigenvalue weighted by atomic mass is 32.2. The van der Waals surface area contributed by atoms with Gasteiger partial charge in [0.25, 0.3) is 0 Å². The summed E-state index contributed by atoms with van der Waals surface area (Å²) in [5.41, 5.74) is 0. The summed E-state index contributed by atoms with van der Waals surface area (Å²) < 4.78 is 0. The number of thioether (sulfide) groups is 1. The van der Waals surface area contributed by atoms with Gasteiger partial charge < -0.3 is 15.5 Å². The third-order valence-corrected chi connectivity index (χ3v) is 5.36. The lowest BCUT2D eigenvalue weighted by molar-refractivity contribution is -0.133. The van der Waals surface area contributed by atoms with Crippen LogP contribution in [0, 0.1) is 5.92 Å². The van der Waals surface area contributed by atoms with Crippen molar-refractivity contribution >= 4 is 23.6 Å². The summed E-state index contributed by atoms with van der Waals surface area (Å²) in [4.78, 5) is 26.1. The van der Waals surface area contributed by atoms with Crippen LogP contribution in [-0.2, 0) is 9.59 Å². The third-order valence-electron chi connectivity index (χ3n) is 4.23. The van der Waals surface area contributed by atoms with Crippen LogP contribution in [0.25, 0.3) is 0 Å². The summed E-state index contributed by atoms with van der Waals surface area (Å²) in [7, 11) is 0. The van der Waals surface area contributed by atoms with Gasteiger partial charge in [-0.05, 0) is 18.8 Å². The molecule has 0 aromatic rings. The quantitative estimate of drug-likeness (QED) is 0.797. The van der Waals surface area contributed by atoms with Crippen molar-refractivity contribution in [2.75, 3.05) is 31.1 Å². The number of nitrogens with zero attached hydrogens (tertiary/aromatic N) is 1. The minimum atomic E-state index is 0.145. The molecule has 22 heavy (non-hydrogen) atoms. The Morgan fingerprint density at radius 3 is 2.64 bits per heavy atom. The number of carbonyl (C=O) groups is 2. The first-order valence-corrected chi connectivity index (χ1v) is 9.58. The highest BCUT2D eigenvalue weighted by Crippen LogP contribution is 2.15. The maximum absolute atomic E-state index is 12.1. The van der Waals surface area contributed by atoms with Gasteiger partial charge >= 0.3 is 0 Å². The van der Waals surface area contributed by atoms with E-state index in [1.54, 1.807) is 0 Å². The molecule has 0 aromatic carbocycles. The zero-order valence-corrected chi connectivity index (χ0v) is 14.6. The Labute approximate surface area is 138 Å². The number of rotatable bonds is 5. The van der Waals surface area contributed by atoms with Crippen molar-refractivity contribution in [3.05, 3.63) is 0 Å². The largest absolute Gasteiger partial charge is 0.353 e. The lowest BCUT2D eigenvalue weighted by Gasteiger charge is -2.33. The van der Waals surface area contributed by atoms with Gasteiger partial charge in [-0.1, -0.05) is 13.8 Å². The molecule has 5 nitrogen and oxygen atoms in total. The molecule has 2 fully saturated rings. The summed E-state index contributed by atoms with van der Waals surface area (Å²) in [6, 6.07) is 0.540. The molecule has 2 aliphatic heterocycles. The van der Waals surface area contributed by atoms with Crippen molar-refractivity contribution in [3.63, 3.8) is 0 Å². The van der Waals surface area contributed by atoms with E-state index < -0.39 is 0 Å². The number of hydrogen-bond acceptors (Lipinski definition) is 4. The highest BCUT2D eigenvalue weighted by molar-refractivity contribution is 7.99. The average molecular weight is 327 g/mol. The first kappa shape index (κ1) is 17.6. The van der Waals surface area contributed by atoms with Crippen LogP contribution < -0.4 is 10.6 Å². The number of piperidine rings is 1. The number of hydrogen-bond donors (Lipinski definition) is 2. The van der Waals surface area contributed by atoms with E-state index in [-0.39, 0.29) is 17.9 Å². The van der Waals surface area contributed by atoms with Crippen LogP contribution in [0.2, 0.25) is 0 Å². The Morgan fingerprint density at radius 1 is 1.32 bits per heavy atom. The fourth-order valence-corrected chi connectivity index (χ4v) is 3.96.